The summed E-state index contributed by atoms with van der Waals surface area (Å²) in [7, 11) is 0. The molecule has 0 radical (unpaired) electrons. The maximum atomic E-state index is 13.1. The molecule has 0 aliphatic rings. The van der Waals surface area contributed by atoms with Crippen molar-refractivity contribution in [3.63, 3.8) is 0 Å². The van der Waals surface area contributed by atoms with Gasteiger partial charge in [-0.05, 0) is 30.2 Å². The van der Waals surface area contributed by atoms with Crippen LogP contribution in [0.4, 0.5) is 4.39 Å². The molecule has 0 saturated carbocycles. The molecule has 2 aromatic rings. The van der Waals surface area contributed by atoms with Gasteiger partial charge in [0.25, 0.3) is 0 Å². The average Bonchev–Trinajstić information content (AvgIpc) is 2.50. The molecular weight excluding hydrogens is 251 g/mol. The molecule has 0 heterocycles. The third kappa shape index (κ3) is 3.66. The Morgan fingerprint density at radius 2 is 1.65 bits per heavy atom. The van der Waals surface area contributed by atoms with E-state index in [0.717, 1.165) is 11.1 Å². The zero-order chi connectivity index (χ0) is 14.4. The Morgan fingerprint density at radius 1 is 1.05 bits per heavy atom. The van der Waals surface area contributed by atoms with Crippen molar-refractivity contribution in [2.24, 2.45) is 5.92 Å². The molecule has 0 bridgehead atoms. The first-order chi connectivity index (χ1) is 9.70. The molecule has 20 heavy (non-hydrogen) atoms. The van der Waals surface area contributed by atoms with E-state index in [0.29, 0.717) is 6.54 Å². The van der Waals surface area contributed by atoms with Crippen molar-refractivity contribution in [1.29, 1.82) is 5.26 Å². The monoisotopic (exact) mass is 268 g/mol. The van der Waals surface area contributed by atoms with Gasteiger partial charge < -0.3 is 5.32 Å². The fourth-order valence-electron chi connectivity index (χ4n) is 2.07. The number of hydrogen-bond donors (Lipinski definition) is 1. The molecule has 0 aliphatic carbocycles. The quantitative estimate of drug-likeness (QED) is 0.898. The SMILES string of the molecule is CC(C#N)CNC(c1ccccc1)c1ccc(F)cc1. The van der Waals surface area contributed by atoms with Gasteiger partial charge in [-0.3, -0.25) is 0 Å². The lowest BCUT2D eigenvalue weighted by Crippen LogP contribution is -2.26. The average molecular weight is 268 g/mol. The molecule has 0 spiro atoms. The van der Waals surface area contributed by atoms with Crippen LogP contribution in [-0.2, 0) is 0 Å². The summed E-state index contributed by atoms with van der Waals surface area (Å²) in [5.74, 6) is -0.312. The molecule has 2 aromatic carbocycles. The van der Waals surface area contributed by atoms with E-state index in [4.69, 9.17) is 5.26 Å². The second-order valence-electron chi connectivity index (χ2n) is 4.83. The smallest absolute Gasteiger partial charge is 0.123 e. The van der Waals surface area contributed by atoms with Crippen LogP contribution < -0.4 is 5.32 Å². The maximum absolute atomic E-state index is 13.1. The fraction of sp³-hybridized carbons (Fsp3) is 0.235. The first-order valence-electron chi connectivity index (χ1n) is 6.64. The molecular formula is C17H17FN2. The Hall–Kier alpha value is -2.18. The Kier molecular flexibility index (Phi) is 4.86. The van der Waals surface area contributed by atoms with Crippen LogP contribution in [0.2, 0.25) is 0 Å². The van der Waals surface area contributed by atoms with Crippen molar-refractivity contribution in [1.82, 2.24) is 5.32 Å². The van der Waals surface area contributed by atoms with Crippen LogP contribution in [-0.4, -0.2) is 6.54 Å². The molecule has 2 unspecified atom stereocenters. The van der Waals surface area contributed by atoms with Crippen molar-refractivity contribution in [3.05, 3.63) is 71.5 Å². The predicted octanol–water partition coefficient (Wildman–Crippen LogP) is 3.66. The molecule has 3 heteroatoms. The van der Waals surface area contributed by atoms with E-state index in [1.165, 1.54) is 12.1 Å². The number of benzene rings is 2. The molecule has 2 nitrogen and oxygen atoms in total. The number of nitrogens with one attached hydrogen (secondary N) is 1. The Bertz CT molecular complexity index is 572. The van der Waals surface area contributed by atoms with Crippen molar-refractivity contribution < 1.29 is 4.39 Å². The summed E-state index contributed by atoms with van der Waals surface area (Å²) in [5.41, 5.74) is 2.09. The Balaban J connectivity index is 2.25. The lowest BCUT2D eigenvalue weighted by atomic mass is 9.98. The minimum atomic E-state index is -0.244. The highest BCUT2D eigenvalue weighted by molar-refractivity contribution is 5.31. The normalized spacial score (nSPS) is 13.4. The molecule has 2 atom stereocenters. The molecule has 2 rings (SSSR count). The highest BCUT2D eigenvalue weighted by Crippen LogP contribution is 2.22. The topological polar surface area (TPSA) is 35.8 Å². The molecule has 0 amide bonds. The van der Waals surface area contributed by atoms with Gasteiger partial charge in [0.05, 0.1) is 18.0 Å². The fourth-order valence-corrected chi connectivity index (χ4v) is 2.07. The van der Waals surface area contributed by atoms with Crippen LogP contribution in [0, 0.1) is 23.1 Å². The molecule has 0 aliphatic heterocycles. The number of halogens is 1. The first-order valence-corrected chi connectivity index (χ1v) is 6.64. The second-order valence-corrected chi connectivity index (χ2v) is 4.83. The van der Waals surface area contributed by atoms with Crippen LogP contribution in [0.3, 0.4) is 0 Å². The zero-order valence-electron chi connectivity index (χ0n) is 11.4. The lowest BCUT2D eigenvalue weighted by molar-refractivity contribution is 0.547. The van der Waals surface area contributed by atoms with Crippen molar-refractivity contribution in [2.45, 2.75) is 13.0 Å². The molecule has 102 valence electrons. The van der Waals surface area contributed by atoms with E-state index < -0.39 is 0 Å². The molecule has 1 N–H and O–H groups in total. The highest BCUT2D eigenvalue weighted by Gasteiger charge is 2.14. The zero-order valence-corrected chi connectivity index (χ0v) is 11.4. The number of rotatable bonds is 5. The van der Waals surface area contributed by atoms with Crippen LogP contribution >= 0.6 is 0 Å². The molecule has 0 aromatic heterocycles. The first kappa shape index (κ1) is 14.2. The van der Waals surface area contributed by atoms with Gasteiger partial charge >= 0.3 is 0 Å². The predicted molar refractivity (Wildman–Crippen MR) is 77.5 cm³/mol. The van der Waals surface area contributed by atoms with Crippen LogP contribution in [0.5, 0.6) is 0 Å². The van der Waals surface area contributed by atoms with Gasteiger partial charge in [-0.2, -0.15) is 5.26 Å². The van der Waals surface area contributed by atoms with E-state index in [1.807, 2.05) is 37.3 Å². The van der Waals surface area contributed by atoms with Gasteiger partial charge in [0, 0.05) is 6.54 Å². The van der Waals surface area contributed by atoms with Gasteiger partial charge in [-0.25, -0.2) is 4.39 Å². The summed E-state index contributed by atoms with van der Waals surface area (Å²) in [5, 5.41) is 12.3. The van der Waals surface area contributed by atoms with Crippen LogP contribution in [0.15, 0.2) is 54.6 Å². The van der Waals surface area contributed by atoms with Gasteiger partial charge in [0.1, 0.15) is 5.82 Å². The minimum Gasteiger partial charge on any atom is -0.305 e. The van der Waals surface area contributed by atoms with Gasteiger partial charge in [-0.15, -0.1) is 0 Å². The summed E-state index contributed by atoms with van der Waals surface area (Å²) >= 11 is 0. The summed E-state index contributed by atoms with van der Waals surface area (Å²) in [6, 6.07) is 18.6. The maximum Gasteiger partial charge on any atom is 0.123 e. The third-order valence-corrected chi connectivity index (χ3v) is 3.18. The lowest BCUT2D eigenvalue weighted by Gasteiger charge is -2.20. The van der Waals surface area contributed by atoms with Gasteiger partial charge in [0.15, 0.2) is 0 Å². The third-order valence-electron chi connectivity index (χ3n) is 3.18. The Labute approximate surface area is 118 Å². The summed E-state index contributed by atoms with van der Waals surface area (Å²) < 4.78 is 13.1. The summed E-state index contributed by atoms with van der Waals surface area (Å²) in [6.07, 6.45) is 0. The van der Waals surface area contributed by atoms with Crippen LogP contribution in [0.1, 0.15) is 24.1 Å². The summed E-state index contributed by atoms with van der Waals surface area (Å²) in [6.45, 7) is 2.47. The largest absolute Gasteiger partial charge is 0.305 e. The van der Waals surface area contributed by atoms with E-state index in [9.17, 15) is 4.39 Å². The molecule has 0 fully saturated rings. The second kappa shape index (κ2) is 6.83. The Morgan fingerprint density at radius 3 is 2.25 bits per heavy atom. The van der Waals surface area contributed by atoms with E-state index >= 15 is 0 Å². The molecule has 0 saturated heterocycles. The standard InChI is InChI=1S/C17H17FN2/c1-13(11-19)12-20-17(14-5-3-2-4-6-14)15-7-9-16(18)10-8-15/h2-10,13,17,20H,12H2,1H3. The number of hydrogen-bond acceptors (Lipinski definition) is 2. The van der Waals surface area contributed by atoms with Crippen molar-refractivity contribution in [2.75, 3.05) is 6.54 Å². The van der Waals surface area contributed by atoms with E-state index in [-0.39, 0.29) is 17.8 Å². The minimum absolute atomic E-state index is 0.0346. The summed E-state index contributed by atoms with van der Waals surface area (Å²) in [4.78, 5) is 0. The van der Waals surface area contributed by atoms with E-state index in [1.54, 1.807) is 12.1 Å². The van der Waals surface area contributed by atoms with E-state index in [2.05, 4.69) is 11.4 Å². The van der Waals surface area contributed by atoms with Crippen LogP contribution in [0.25, 0.3) is 0 Å². The van der Waals surface area contributed by atoms with Crippen molar-refractivity contribution in [3.8, 4) is 6.07 Å². The highest BCUT2D eigenvalue weighted by atomic mass is 19.1. The van der Waals surface area contributed by atoms with Gasteiger partial charge in [0.2, 0.25) is 0 Å². The van der Waals surface area contributed by atoms with Crippen molar-refractivity contribution >= 4 is 0 Å². The van der Waals surface area contributed by atoms with Gasteiger partial charge in [-0.1, -0.05) is 42.5 Å². The number of nitrogens with zero attached hydrogens (tertiary/aromatic N) is 1. The number of nitriles is 1.